The van der Waals surface area contributed by atoms with Gasteiger partial charge in [-0.3, -0.25) is 4.79 Å². The molecule has 0 amide bonds. The minimum Gasteiger partial charge on any atom is -0.469 e. The van der Waals surface area contributed by atoms with Crippen LogP contribution in [-0.2, 0) is 14.3 Å². The molecule has 20 heavy (non-hydrogen) atoms. The average molecular weight is 278 g/mol. The van der Waals surface area contributed by atoms with Crippen molar-refractivity contribution in [2.45, 2.75) is 70.0 Å². The molecule has 1 saturated carbocycles. The van der Waals surface area contributed by atoms with Crippen molar-refractivity contribution in [1.82, 2.24) is 0 Å². The van der Waals surface area contributed by atoms with Crippen LogP contribution in [0.1, 0.15) is 58.3 Å². The second kappa shape index (κ2) is 5.51. The van der Waals surface area contributed by atoms with E-state index in [4.69, 9.17) is 9.47 Å². The first-order chi connectivity index (χ1) is 9.64. The van der Waals surface area contributed by atoms with Gasteiger partial charge in [0.1, 0.15) is 0 Å². The number of fused-ring (bicyclic) bond motifs is 3. The number of carbonyl (C=O) groups is 1. The van der Waals surface area contributed by atoms with Gasteiger partial charge in [-0.2, -0.15) is 0 Å². The molecule has 0 aromatic heterocycles. The molecule has 3 nitrogen and oxygen atoms in total. The summed E-state index contributed by atoms with van der Waals surface area (Å²) in [5.41, 5.74) is 1.23. The Morgan fingerprint density at radius 1 is 1.35 bits per heavy atom. The molecule has 1 heterocycles. The fourth-order valence-corrected chi connectivity index (χ4v) is 4.54. The third-order valence-corrected chi connectivity index (χ3v) is 5.49. The first-order valence-electron chi connectivity index (χ1n) is 8.08. The maximum atomic E-state index is 11.8. The summed E-state index contributed by atoms with van der Waals surface area (Å²) in [4.78, 5) is 11.8. The molecule has 3 aliphatic rings. The highest BCUT2D eigenvalue weighted by Crippen LogP contribution is 2.51. The molecule has 4 atom stereocenters. The Balaban J connectivity index is 1.89. The summed E-state index contributed by atoms with van der Waals surface area (Å²) in [5.74, 6) is 0.876. The second-order valence-corrected chi connectivity index (χ2v) is 6.80. The Labute approximate surface area is 121 Å². The zero-order chi connectivity index (χ0) is 14.2. The zero-order valence-electron chi connectivity index (χ0n) is 12.7. The maximum Gasteiger partial charge on any atom is 0.308 e. The lowest BCUT2D eigenvalue weighted by molar-refractivity contribution is -0.181. The number of ether oxygens (including phenoxy) is 2. The van der Waals surface area contributed by atoms with E-state index < -0.39 is 0 Å². The largest absolute Gasteiger partial charge is 0.469 e. The van der Waals surface area contributed by atoms with Crippen molar-refractivity contribution in [3.05, 3.63) is 11.6 Å². The number of hydrogen-bond acceptors (Lipinski definition) is 3. The maximum absolute atomic E-state index is 11.8. The van der Waals surface area contributed by atoms with Crippen molar-refractivity contribution in [1.29, 1.82) is 0 Å². The lowest BCUT2D eigenvalue weighted by Crippen LogP contribution is -2.53. The standard InChI is InChI=1S/C17H26O3/c1-17(11-16(18)19-2)14-9-5-3-7-12(14)13-8-4-6-10-15(13)20-17/h7,13-15H,3-6,8-11H2,1-2H3/t13-,14+,15-,17-/m0/s1. The van der Waals surface area contributed by atoms with Crippen LogP contribution in [0.25, 0.3) is 0 Å². The molecule has 2 fully saturated rings. The van der Waals surface area contributed by atoms with Gasteiger partial charge in [-0.1, -0.05) is 24.5 Å². The Kier molecular flexibility index (Phi) is 3.89. The van der Waals surface area contributed by atoms with E-state index in [1.807, 2.05) is 0 Å². The van der Waals surface area contributed by atoms with Gasteiger partial charge in [0.05, 0.1) is 25.2 Å². The molecule has 0 unspecified atom stereocenters. The topological polar surface area (TPSA) is 35.5 Å². The van der Waals surface area contributed by atoms with E-state index in [9.17, 15) is 4.79 Å². The Morgan fingerprint density at radius 3 is 2.95 bits per heavy atom. The first-order valence-corrected chi connectivity index (χ1v) is 8.08. The first kappa shape index (κ1) is 14.1. The van der Waals surface area contributed by atoms with Crippen molar-refractivity contribution in [2.75, 3.05) is 7.11 Å². The number of rotatable bonds is 2. The van der Waals surface area contributed by atoms with Crippen molar-refractivity contribution < 1.29 is 14.3 Å². The zero-order valence-corrected chi connectivity index (χ0v) is 12.7. The predicted molar refractivity (Wildman–Crippen MR) is 77.3 cm³/mol. The summed E-state index contributed by atoms with van der Waals surface area (Å²) in [7, 11) is 1.47. The van der Waals surface area contributed by atoms with Crippen LogP contribution in [0.15, 0.2) is 11.6 Å². The van der Waals surface area contributed by atoms with E-state index in [1.54, 1.807) is 5.57 Å². The second-order valence-electron chi connectivity index (χ2n) is 6.80. The molecule has 0 bridgehead atoms. The predicted octanol–water partition coefficient (Wildman–Crippen LogP) is 3.62. The molecule has 0 aromatic rings. The highest BCUT2D eigenvalue weighted by atomic mass is 16.5. The monoisotopic (exact) mass is 278 g/mol. The summed E-state index contributed by atoms with van der Waals surface area (Å²) < 4.78 is 11.4. The summed E-state index contributed by atoms with van der Waals surface area (Å²) in [6.07, 6.45) is 11.7. The van der Waals surface area contributed by atoms with Crippen molar-refractivity contribution >= 4 is 5.97 Å². The van der Waals surface area contributed by atoms with Gasteiger partial charge in [0.15, 0.2) is 0 Å². The third kappa shape index (κ3) is 2.41. The van der Waals surface area contributed by atoms with Crippen molar-refractivity contribution in [3.63, 3.8) is 0 Å². The highest BCUT2D eigenvalue weighted by molar-refractivity contribution is 5.70. The van der Waals surface area contributed by atoms with E-state index in [0.29, 0.717) is 24.4 Å². The van der Waals surface area contributed by atoms with Crippen LogP contribution in [0.5, 0.6) is 0 Å². The van der Waals surface area contributed by atoms with Crippen LogP contribution in [0.3, 0.4) is 0 Å². The van der Waals surface area contributed by atoms with Gasteiger partial charge in [-0.25, -0.2) is 0 Å². The van der Waals surface area contributed by atoms with Gasteiger partial charge in [-0.05, 0) is 39.0 Å². The molecule has 112 valence electrons. The van der Waals surface area contributed by atoms with Crippen LogP contribution in [0, 0.1) is 11.8 Å². The number of carbonyl (C=O) groups excluding carboxylic acids is 1. The van der Waals surface area contributed by atoms with E-state index >= 15 is 0 Å². The molecule has 1 aliphatic heterocycles. The number of hydrogen-bond donors (Lipinski definition) is 0. The van der Waals surface area contributed by atoms with Gasteiger partial charge in [0.2, 0.25) is 0 Å². The summed E-state index contributed by atoms with van der Waals surface area (Å²) >= 11 is 0. The van der Waals surface area contributed by atoms with Gasteiger partial charge in [-0.15, -0.1) is 0 Å². The molecule has 2 aliphatic carbocycles. The molecular formula is C17H26O3. The van der Waals surface area contributed by atoms with Crippen LogP contribution >= 0.6 is 0 Å². The average Bonchev–Trinajstić information content (AvgIpc) is 2.47. The summed E-state index contributed by atoms with van der Waals surface area (Å²) in [5, 5.41) is 0. The fourth-order valence-electron chi connectivity index (χ4n) is 4.54. The highest BCUT2D eigenvalue weighted by Gasteiger charge is 2.50. The molecule has 1 saturated heterocycles. The summed E-state index contributed by atoms with van der Waals surface area (Å²) in [6, 6.07) is 0. The van der Waals surface area contributed by atoms with Crippen LogP contribution in [0.2, 0.25) is 0 Å². The van der Waals surface area contributed by atoms with E-state index in [1.165, 1.54) is 39.2 Å². The van der Waals surface area contributed by atoms with Gasteiger partial charge >= 0.3 is 5.97 Å². The molecule has 0 aromatic carbocycles. The van der Waals surface area contributed by atoms with E-state index in [0.717, 1.165) is 12.8 Å². The Morgan fingerprint density at radius 2 is 2.15 bits per heavy atom. The molecular weight excluding hydrogens is 252 g/mol. The van der Waals surface area contributed by atoms with Gasteiger partial charge in [0, 0.05) is 11.8 Å². The van der Waals surface area contributed by atoms with Gasteiger partial charge in [0.25, 0.3) is 0 Å². The van der Waals surface area contributed by atoms with E-state index in [-0.39, 0.29) is 11.6 Å². The van der Waals surface area contributed by atoms with Crippen LogP contribution < -0.4 is 0 Å². The minimum atomic E-state index is -0.363. The van der Waals surface area contributed by atoms with Crippen LogP contribution in [0.4, 0.5) is 0 Å². The lowest BCUT2D eigenvalue weighted by Gasteiger charge is -2.52. The SMILES string of the molecule is COC(=O)C[C@]1(C)O[C@H]2CCCC[C@H]2C2=CCCC[C@H]21. The third-order valence-electron chi connectivity index (χ3n) is 5.49. The Bertz CT molecular complexity index is 414. The molecule has 0 radical (unpaired) electrons. The molecule has 3 heteroatoms. The van der Waals surface area contributed by atoms with Crippen molar-refractivity contribution in [3.8, 4) is 0 Å². The quantitative estimate of drug-likeness (QED) is 0.571. The summed E-state index contributed by atoms with van der Waals surface area (Å²) in [6.45, 7) is 2.12. The molecule has 3 rings (SSSR count). The number of esters is 1. The Hall–Kier alpha value is -0.830. The molecule has 0 spiro atoms. The van der Waals surface area contributed by atoms with E-state index in [2.05, 4.69) is 13.0 Å². The number of allylic oxidation sites excluding steroid dienone is 1. The van der Waals surface area contributed by atoms with Crippen LogP contribution in [-0.4, -0.2) is 24.8 Å². The molecule has 0 N–H and O–H groups in total. The smallest absolute Gasteiger partial charge is 0.308 e. The fraction of sp³-hybridized carbons (Fsp3) is 0.824. The normalized spacial score (nSPS) is 40.3. The minimum absolute atomic E-state index is 0.147. The lowest BCUT2D eigenvalue weighted by atomic mass is 9.64. The van der Waals surface area contributed by atoms with Gasteiger partial charge < -0.3 is 9.47 Å². The van der Waals surface area contributed by atoms with Crippen molar-refractivity contribution in [2.24, 2.45) is 11.8 Å². The number of methoxy groups -OCH3 is 1.